The van der Waals surface area contributed by atoms with Gasteiger partial charge in [-0.15, -0.1) is 0 Å². The minimum absolute atomic E-state index is 0.000969. The van der Waals surface area contributed by atoms with Gasteiger partial charge in [-0.25, -0.2) is 4.79 Å². The molecule has 2 saturated heterocycles. The summed E-state index contributed by atoms with van der Waals surface area (Å²) in [5.41, 5.74) is -1.26. The highest BCUT2D eigenvalue weighted by Crippen LogP contribution is 2.33. The first-order chi connectivity index (χ1) is 12.7. The van der Waals surface area contributed by atoms with E-state index >= 15 is 0 Å². The SMILES string of the molecule is CC(C)(C)OC(=O)N1CC[C@@]2(COCC(=O)N2)[C@@H]1COC1CCC(=O)CC1. The summed E-state index contributed by atoms with van der Waals surface area (Å²) in [4.78, 5) is 37.8. The Bertz CT molecular complexity index is 591. The van der Waals surface area contributed by atoms with E-state index in [1.54, 1.807) is 4.90 Å². The molecule has 8 nitrogen and oxygen atoms in total. The Balaban J connectivity index is 1.72. The van der Waals surface area contributed by atoms with Gasteiger partial charge in [-0.3, -0.25) is 9.59 Å². The molecule has 0 bridgehead atoms. The van der Waals surface area contributed by atoms with Gasteiger partial charge in [0.1, 0.15) is 18.0 Å². The summed E-state index contributed by atoms with van der Waals surface area (Å²) in [5.74, 6) is 0.0936. The molecule has 0 aromatic rings. The number of nitrogens with zero attached hydrogens (tertiary/aromatic N) is 1. The number of Topliss-reactive ketones (excluding diaryl/α,β-unsaturated/α-hetero) is 1. The fourth-order valence-electron chi connectivity index (χ4n) is 4.03. The zero-order valence-electron chi connectivity index (χ0n) is 16.4. The van der Waals surface area contributed by atoms with Crippen LogP contribution in [0.1, 0.15) is 52.9 Å². The van der Waals surface area contributed by atoms with Crippen LogP contribution in [0.2, 0.25) is 0 Å². The van der Waals surface area contributed by atoms with Crippen molar-refractivity contribution in [3.8, 4) is 0 Å². The van der Waals surface area contributed by atoms with E-state index in [1.807, 2.05) is 20.8 Å². The molecule has 0 aromatic carbocycles. The van der Waals surface area contributed by atoms with Crippen molar-refractivity contribution in [2.75, 3.05) is 26.4 Å². The van der Waals surface area contributed by atoms with Crippen LogP contribution in [-0.2, 0) is 23.8 Å². The third-order valence-electron chi connectivity index (χ3n) is 5.40. The minimum Gasteiger partial charge on any atom is -0.444 e. The molecule has 0 unspecified atom stereocenters. The van der Waals surface area contributed by atoms with Gasteiger partial charge in [0.05, 0.1) is 30.9 Å². The van der Waals surface area contributed by atoms with Crippen molar-refractivity contribution >= 4 is 17.8 Å². The number of rotatable bonds is 3. The highest BCUT2D eigenvalue weighted by Gasteiger charge is 2.53. The van der Waals surface area contributed by atoms with E-state index in [9.17, 15) is 14.4 Å². The Labute approximate surface area is 159 Å². The van der Waals surface area contributed by atoms with E-state index in [0.29, 0.717) is 45.3 Å². The second-order valence-electron chi connectivity index (χ2n) is 8.71. The van der Waals surface area contributed by atoms with Gasteiger partial charge < -0.3 is 24.4 Å². The van der Waals surface area contributed by atoms with E-state index in [4.69, 9.17) is 14.2 Å². The lowest BCUT2D eigenvalue weighted by Crippen LogP contribution is -2.65. The Morgan fingerprint density at radius 2 is 2.00 bits per heavy atom. The normalized spacial score (nSPS) is 29.9. The fraction of sp³-hybridized carbons (Fsp3) is 0.842. The monoisotopic (exact) mass is 382 g/mol. The topological polar surface area (TPSA) is 94.2 Å². The number of nitrogens with one attached hydrogen (secondary N) is 1. The highest BCUT2D eigenvalue weighted by molar-refractivity contribution is 5.80. The first-order valence-electron chi connectivity index (χ1n) is 9.70. The van der Waals surface area contributed by atoms with Crippen LogP contribution in [0.25, 0.3) is 0 Å². The summed E-state index contributed by atoms with van der Waals surface area (Å²) in [6.07, 6.45) is 2.66. The van der Waals surface area contributed by atoms with Crippen LogP contribution in [0, 0.1) is 0 Å². The van der Waals surface area contributed by atoms with Gasteiger partial charge in [-0.05, 0) is 40.0 Å². The molecule has 1 N–H and O–H groups in total. The predicted octanol–water partition coefficient (Wildman–Crippen LogP) is 1.41. The van der Waals surface area contributed by atoms with E-state index in [-0.39, 0.29) is 37.0 Å². The standard InChI is InChI=1S/C19H30N2O6/c1-18(2,3)27-17(24)21-9-8-19(12-25-11-16(23)20-19)15(21)10-26-14-6-4-13(22)5-7-14/h14-15H,4-12H2,1-3H3,(H,20,23)/t15-,19+/m0/s1. The van der Waals surface area contributed by atoms with Crippen LogP contribution in [0.5, 0.6) is 0 Å². The van der Waals surface area contributed by atoms with Crippen LogP contribution in [0.15, 0.2) is 0 Å². The number of hydrogen-bond donors (Lipinski definition) is 1. The van der Waals surface area contributed by atoms with Crippen LogP contribution in [0.4, 0.5) is 4.79 Å². The number of carbonyl (C=O) groups excluding carboxylic acids is 3. The number of morpholine rings is 1. The molecule has 2 aliphatic heterocycles. The average Bonchev–Trinajstić information content (AvgIpc) is 2.90. The summed E-state index contributed by atoms with van der Waals surface area (Å²) >= 11 is 0. The third-order valence-corrected chi connectivity index (χ3v) is 5.40. The Morgan fingerprint density at radius 3 is 2.63 bits per heavy atom. The Hall–Kier alpha value is -1.67. The van der Waals surface area contributed by atoms with E-state index < -0.39 is 17.2 Å². The number of carbonyl (C=O) groups is 3. The van der Waals surface area contributed by atoms with E-state index in [1.165, 1.54) is 0 Å². The van der Waals surface area contributed by atoms with Crippen molar-refractivity contribution in [1.82, 2.24) is 10.2 Å². The lowest BCUT2D eigenvalue weighted by molar-refractivity contribution is -0.138. The molecule has 2 atom stereocenters. The van der Waals surface area contributed by atoms with Crippen molar-refractivity contribution in [3.63, 3.8) is 0 Å². The second kappa shape index (κ2) is 7.75. The molecule has 1 saturated carbocycles. The first-order valence-corrected chi connectivity index (χ1v) is 9.70. The molecule has 3 aliphatic rings. The Kier molecular flexibility index (Phi) is 5.76. The summed E-state index contributed by atoms with van der Waals surface area (Å²) in [6.45, 7) is 6.60. The minimum atomic E-state index is -0.656. The maximum atomic E-state index is 12.7. The first kappa shape index (κ1) is 20.1. The fourth-order valence-corrected chi connectivity index (χ4v) is 4.03. The molecule has 3 fully saturated rings. The maximum Gasteiger partial charge on any atom is 0.410 e. The molecule has 1 aliphatic carbocycles. The van der Waals surface area contributed by atoms with Crippen LogP contribution >= 0.6 is 0 Å². The summed E-state index contributed by atoms with van der Waals surface area (Å²) < 4.78 is 17.1. The van der Waals surface area contributed by atoms with E-state index in [2.05, 4.69) is 5.32 Å². The van der Waals surface area contributed by atoms with Crippen LogP contribution in [0.3, 0.4) is 0 Å². The number of likely N-dealkylation sites (tertiary alicyclic amines) is 1. The lowest BCUT2D eigenvalue weighted by Gasteiger charge is -2.41. The second-order valence-corrected chi connectivity index (χ2v) is 8.71. The van der Waals surface area contributed by atoms with Crippen molar-refractivity contribution in [3.05, 3.63) is 0 Å². The predicted molar refractivity (Wildman–Crippen MR) is 96.3 cm³/mol. The van der Waals surface area contributed by atoms with Crippen molar-refractivity contribution in [2.45, 2.75) is 76.2 Å². The van der Waals surface area contributed by atoms with Gasteiger partial charge in [0.2, 0.25) is 5.91 Å². The van der Waals surface area contributed by atoms with Crippen LogP contribution < -0.4 is 5.32 Å². The molecule has 1 spiro atoms. The average molecular weight is 382 g/mol. The van der Waals surface area contributed by atoms with Crippen molar-refractivity contribution in [2.24, 2.45) is 0 Å². The van der Waals surface area contributed by atoms with Gasteiger partial charge in [0.25, 0.3) is 0 Å². The highest BCUT2D eigenvalue weighted by atomic mass is 16.6. The van der Waals surface area contributed by atoms with Gasteiger partial charge in [0, 0.05) is 19.4 Å². The van der Waals surface area contributed by atoms with Gasteiger partial charge in [-0.1, -0.05) is 0 Å². The molecule has 0 aromatic heterocycles. The van der Waals surface area contributed by atoms with Gasteiger partial charge >= 0.3 is 6.09 Å². The maximum absolute atomic E-state index is 12.7. The quantitative estimate of drug-likeness (QED) is 0.793. The molecule has 2 amide bonds. The smallest absolute Gasteiger partial charge is 0.410 e. The van der Waals surface area contributed by atoms with Gasteiger partial charge in [0.15, 0.2) is 0 Å². The number of ether oxygens (including phenoxy) is 3. The summed E-state index contributed by atoms with van der Waals surface area (Å²) in [7, 11) is 0. The molecule has 8 heteroatoms. The molecular weight excluding hydrogens is 352 g/mol. The molecule has 2 heterocycles. The zero-order valence-corrected chi connectivity index (χ0v) is 16.4. The molecule has 152 valence electrons. The number of hydrogen-bond acceptors (Lipinski definition) is 6. The molecule has 0 radical (unpaired) electrons. The number of ketones is 1. The summed E-state index contributed by atoms with van der Waals surface area (Å²) in [5, 5.41) is 3.04. The molecule has 3 rings (SSSR count). The van der Waals surface area contributed by atoms with Crippen LogP contribution in [-0.4, -0.2) is 72.3 Å². The molecule has 27 heavy (non-hydrogen) atoms. The third kappa shape index (κ3) is 4.79. The van der Waals surface area contributed by atoms with Gasteiger partial charge in [-0.2, -0.15) is 0 Å². The Morgan fingerprint density at radius 1 is 1.30 bits per heavy atom. The number of amides is 2. The summed E-state index contributed by atoms with van der Waals surface area (Å²) in [6, 6.07) is -0.366. The largest absolute Gasteiger partial charge is 0.444 e. The zero-order chi connectivity index (χ0) is 19.7. The van der Waals surface area contributed by atoms with E-state index in [0.717, 1.165) is 0 Å². The van der Waals surface area contributed by atoms with Crippen molar-refractivity contribution in [1.29, 1.82) is 0 Å². The molecular formula is C19H30N2O6. The van der Waals surface area contributed by atoms with Crippen molar-refractivity contribution < 1.29 is 28.6 Å². The lowest BCUT2D eigenvalue weighted by atomic mass is 9.90.